The van der Waals surface area contributed by atoms with Crippen LogP contribution >= 0.6 is 12.6 Å². The Balaban J connectivity index is 2.36. The number of fused-ring (bicyclic) bond motifs is 1. The minimum absolute atomic E-state index is 0.367. The molecule has 0 aliphatic heterocycles. The number of ketones is 1. The molecule has 2 rings (SSSR count). The molecule has 0 radical (unpaired) electrons. The Morgan fingerprint density at radius 2 is 2.08 bits per heavy atom. The van der Waals surface area contributed by atoms with E-state index in [4.69, 9.17) is 0 Å². The minimum Gasteiger partial charge on any atom is -0.299 e. The van der Waals surface area contributed by atoms with Gasteiger partial charge in [0.1, 0.15) is 5.78 Å². The largest absolute Gasteiger partial charge is 0.299 e. The lowest BCUT2D eigenvalue weighted by Gasteiger charge is -2.15. The molecule has 13 heavy (non-hydrogen) atoms. The molecule has 1 aromatic rings. The Morgan fingerprint density at radius 3 is 2.85 bits per heavy atom. The van der Waals surface area contributed by atoms with E-state index in [1.54, 1.807) is 0 Å². The van der Waals surface area contributed by atoms with E-state index in [9.17, 15) is 4.79 Å². The fourth-order valence-corrected chi connectivity index (χ4v) is 1.95. The molecule has 0 spiro atoms. The third-order valence-electron chi connectivity index (χ3n) is 2.51. The van der Waals surface area contributed by atoms with E-state index in [1.165, 1.54) is 16.7 Å². The van der Waals surface area contributed by atoms with Crippen LogP contribution in [0.5, 0.6) is 0 Å². The molecule has 1 aliphatic carbocycles. The van der Waals surface area contributed by atoms with Crippen molar-refractivity contribution in [2.45, 2.75) is 25.0 Å². The van der Waals surface area contributed by atoms with Crippen LogP contribution in [0.2, 0.25) is 0 Å². The van der Waals surface area contributed by atoms with Gasteiger partial charge in [-0.15, -0.1) is 0 Å². The van der Waals surface area contributed by atoms with Gasteiger partial charge in [-0.25, -0.2) is 0 Å². The number of carbonyl (C=O) groups is 1. The van der Waals surface area contributed by atoms with Crippen molar-refractivity contribution in [2.75, 3.05) is 0 Å². The number of benzene rings is 1. The van der Waals surface area contributed by atoms with Crippen LogP contribution in [0.4, 0.5) is 0 Å². The highest BCUT2D eigenvalue weighted by molar-refractivity contribution is 7.79. The van der Waals surface area contributed by atoms with Crippen LogP contribution in [0.25, 0.3) is 0 Å². The summed E-state index contributed by atoms with van der Waals surface area (Å²) in [5.74, 6) is 1.15. The summed E-state index contributed by atoms with van der Waals surface area (Å²) in [5.41, 5.74) is 3.80. The first-order valence-electron chi connectivity index (χ1n) is 4.53. The van der Waals surface area contributed by atoms with Gasteiger partial charge in [0.2, 0.25) is 0 Å². The van der Waals surface area contributed by atoms with E-state index in [1.807, 2.05) is 0 Å². The molecule has 2 heteroatoms. The number of hydrogen-bond donors (Lipinski definition) is 1. The number of thiol groups is 1. The summed E-state index contributed by atoms with van der Waals surface area (Å²) < 4.78 is 0. The second kappa shape index (κ2) is 3.54. The van der Waals surface area contributed by atoms with Crippen molar-refractivity contribution in [3.63, 3.8) is 0 Å². The smallest absolute Gasteiger partial charge is 0.137 e. The van der Waals surface area contributed by atoms with Crippen molar-refractivity contribution in [3.05, 3.63) is 34.9 Å². The maximum Gasteiger partial charge on any atom is 0.137 e. The van der Waals surface area contributed by atoms with Crippen molar-refractivity contribution in [1.82, 2.24) is 0 Å². The molecule has 1 aliphatic rings. The quantitative estimate of drug-likeness (QED) is 0.675. The lowest BCUT2D eigenvalue weighted by atomic mass is 9.90. The summed E-state index contributed by atoms with van der Waals surface area (Å²) in [6, 6.07) is 6.30. The van der Waals surface area contributed by atoms with Crippen LogP contribution in [0.3, 0.4) is 0 Å². The number of aryl methyl sites for hydroxylation is 1. The van der Waals surface area contributed by atoms with Crippen LogP contribution in [0.1, 0.15) is 23.1 Å². The van der Waals surface area contributed by atoms with Crippen molar-refractivity contribution in [3.8, 4) is 0 Å². The first kappa shape index (κ1) is 8.82. The lowest BCUT2D eigenvalue weighted by Crippen LogP contribution is -2.13. The maximum atomic E-state index is 11.2. The second-order valence-electron chi connectivity index (χ2n) is 3.48. The van der Waals surface area contributed by atoms with Crippen molar-refractivity contribution >= 4 is 18.4 Å². The van der Waals surface area contributed by atoms with Gasteiger partial charge in [-0.1, -0.05) is 18.2 Å². The first-order valence-corrected chi connectivity index (χ1v) is 5.16. The Labute approximate surface area is 83.6 Å². The molecule has 0 aromatic heterocycles. The van der Waals surface area contributed by atoms with Crippen LogP contribution in [0.15, 0.2) is 18.2 Å². The highest BCUT2D eigenvalue weighted by Gasteiger charge is 2.14. The normalized spacial score (nSPS) is 15.6. The molecule has 0 heterocycles. The summed E-state index contributed by atoms with van der Waals surface area (Å²) in [7, 11) is 0. The Kier molecular flexibility index (Phi) is 2.40. The number of hydrogen-bond acceptors (Lipinski definition) is 2. The van der Waals surface area contributed by atoms with Crippen LogP contribution < -0.4 is 0 Å². The molecule has 1 nitrogen and oxygen atoms in total. The van der Waals surface area contributed by atoms with Crippen molar-refractivity contribution in [2.24, 2.45) is 0 Å². The minimum atomic E-state index is 0.367. The van der Waals surface area contributed by atoms with Gasteiger partial charge in [0.25, 0.3) is 0 Å². The highest BCUT2D eigenvalue weighted by Crippen LogP contribution is 2.21. The summed E-state index contributed by atoms with van der Waals surface area (Å²) in [4.78, 5) is 11.2. The topological polar surface area (TPSA) is 17.1 Å². The highest BCUT2D eigenvalue weighted by atomic mass is 32.1. The van der Waals surface area contributed by atoms with Gasteiger partial charge in [0, 0.05) is 18.6 Å². The Hall–Kier alpha value is -0.760. The number of Topliss-reactive ketones (excluding diaryl/α,β-unsaturated/α-hetero) is 1. The summed E-state index contributed by atoms with van der Waals surface area (Å²) in [6.45, 7) is 0. The summed E-state index contributed by atoms with van der Waals surface area (Å²) in [5, 5.41) is 0. The second-order valence-corrected chi connectivity index (χ2v) is 3.79. The molecule has 0 fully saturated rings. The zero-order valence-electron chi connectivity index (χ0n) is 7.42. The van der Waals surface area contributed by atoms with E-state index in [-0.39, 0.29) is 0 Å². The molecule has 68 valence electrons. The zero-order chi connectivity index (χ0) is 9.26. The van der Waals surface area contributed by atoms with Crippen LogP contribution in [-0.4, -0.2) is 5.78 Å². The third kappa shape index (κ3) is 1.78. The first-order chi connectivity index (χ1) is 6.29. The van der Waals surface area contributed by atoms with Crippen LogP contribution in [-0.2, 0) is 23.4 Å². The maximum absolute atomic E-state index is 11.2. The molecule has 0 N–H and O–H groups in total. The van der Waals surface area contributed by atoms with Gasteiger partial charge in [0.05, 0.1) is 0 Å². The molecule has 0 atom stereocenters. The Morgan fingerprint density at radius 1 is 1.23 bits per heavy atom. The van der Waals surface area contributed by atoms with Gasteiger partial charge >= 0.3 is 0 Å². The number of carbonyl (C=O) groups excluding carboxylic acids is 1. The van der Waals surface area contributed by atoms with Crippen molar-refractivity contribution in [1.29, 1.82) is 0 Å². The van der Waals surface area contributed by atoms with Gasteiger partial charge in [0.15, 0.2) is 0 Å². The van der Waals surface area contributed by atoms with Crippen molar-refractivity contribution < 1.29 is 4.79 Å². The lowest BCUT2D eigenvalue weighted by molar-refractivity contribution is -0.118. The zero-order valence-corrected chi connectivity index (χ0v) is 8.31. The molecule has 0 saturated heterocycles. The van der Waals surface area contributed by atoms with E-state index < -0.39 is 0 Å². The van der Waals surface area contributed by atoms with E-state index in [0.717, 1.165) is 12.2 Å². The molecule has 0 bridgehead atoms. The molecule has 0 amide bonds. The molecular formula is C11H12OS. The van der Waals surface area contributed by atoms with Gasteiger partial charge in [-0.05, 0) is 23.1 Å². The summed E-state index contributed by atoms with van der Waals surface area (Å²) in [6.07, 6.45) is 2.25. The van der Waals surface area contributed by atoms with E-state index >= 15 is 0 Å². The van der Waals surface area contributed by atoms with Gasteiger partial charge < -0.3 is 0 Å². The van der Waals surface area contributed by atoms with Crippen LogP contribution in [0, 0.1) is 0 Å². The predicted octanol–water partition coefficient (Wildman–Crippen LogP) is 2.17. The average molecular weight is 192 g/mol. The average Bonchev–Trinajstić information content (AvgIpc) is 2.17. The standard InChI is InChI=1S/C11H12OS/c12-11-4-3-9-5-8(7-13)1-2-10(9)6-11/h1-2,5,13H,3-4,6-7H2. The fraction of sp³-hybridized carbons (Fsp3) is 0.364. The molecule has 0 saturated carbocycles. The van der Waals surface area contributed by atoms with E-state index in [2.05, 4.69) is 30.8 Å². The molecule has 1 aromatic carbocycles. The monoisotopic (exact) mass is 192 g/mol. The third-order valence-corrected chi connectivity index (χ3v) is 2.88. The van der Waals surface area contributed by atoms with E-state index in [0.29, 0.717) is 18.6 Å². The van der Waals surface area contributed by atoms with Gasteiger partial charge in [-0.3, -0.25) is 4.79 Å². The molecular weight excluding hydrogens is 180 g/mol. The SMILES string of the molecule is O=C1CCc2cc(CS)ccc2C1. The Bertz CT molecular complexity index is 344. The predicted molar refractivity (Wildman–Crippen MR) is 56.2 cm³/mol. The summed E-state index contributed by atoms with van der Waals surface area (Å²) >= 11 is 4.23. The molecule has 0 unspecified atom stereocenters. The number of rotatable bonds is 1. The van der Waals surface area contributed by atoms with Gasteiger partial charge in [-0.2, -0.15) is 12.6 Å². The fourth-order valence-electron chi connectivity index (χ4n) is 1.76.